The van der Waals surface area contributed by atoms with Gasteiger partial charge in [0, 0.05) is 24.0 Å². The van der Waals surface area contributed by atoms with Gasteiger partial charge in [0.05, 0.1) is 11.1 Å². The van der Waals surface area contributed by atoms with Gasteiger partial charge in [-0.3, -0.25) is 9.59 Å². The van der Waals surface area contributed by atoms with E-state index in [9.17, 15) is 14.0 Å². The van der Waals surface area contributed by atoms with Crippen LogP contribution in [0.4, 0.5) is 4.39 Å². The summed E-state index contributed by atoms with van der Waals surface area (Å²) >= 11 is 2.63. The number of halogens is 1. The van der Waals surface area contributed by atoms with Gasteiger partial charge in [-0.15, -0.1) is 11.3 Å². The Morgan fingerprint density at radius 2 is 2.18 bits per heavy atom. The molecule has 3 heterocycles. The van der Waals surface area contributed by atoms with Gasteiger partial charge in [0.15, 0.2) is 5.16 Å². The van der Waals surface area contributed by atoms with E-state index in [2.05, 4.69) is 16.9 Å². The van der Waals surface area contributed by atoms with E-state index in [1.165, 1.54) is 35.2 Å². The molecule has 1 aliphatic rings. The van der Waals surface area contributed by atoms with Gasteiger partial charge < -0.3 is 9.88 Å². The van der Waals surface area contributed by atoms with Crippen LogP contribution in [-0.2, 0) is 4.79 Å². The Balaban J connectivity index is 1.53. The van der Waals surface area contributed by atoms with Crippen molar-refractivity contribution in [3.8, 4) is 11.1 Å². The lowest BCUT2D eigenvalue weighted by Gasteiger charge is -2.30. The molecule has 0 unspecified atom stereocenters. The van der Waals surface area contributed by atoms with Crippen molar-refractivity contribution in [2.24, 2.45) is 5.92 Å². The Morgan fingerprint density at radius 3 is 2.93 bits per heavy atom. The number of amides is 1. The number of thiophene rings is 1. The van der Waals surface area contributed by atoms with Crippen molar-refractivity contribution >= 4 is 39.2 Å². The van der Waals surface area contributed by atoms with Gasteiger partial charge in [-0.25, -0.2) is 9.37 Å². The van der Waals surface area contributed by atoms with Crippen LogP contribution in [0, 0.1) is 11.7 Å². The van der Waals surface area contributed by atoms with Crippen LogP contribution in [0.3, 0.4) is 0 Å². The number of aromatic amines is 1. The summed E-state index contributed by atoms with van der Waals surface area (Å²) in [6.45, 7) is 3.77. The monoisotopic (exact) mass is 417 g/mol. The van der Waals surface area contributed by atoms with E-state index >= 15 is 0 Å². The first-order chi connectivity index (χ1) is 13.5. The predicted molar refractivity (Wildman–Crippen MR) is 111 cm³/mol. The van der Waals surface area contributed by atoms with Gasteiger partial charge in [-0.1, -0.05) is 30.8 Å². The van der Waals surface area contributed by atoms with Crippen LogP contribution in [-0.4, -0.2) is 39.6 Å². The lowest BCUT2D eigenvalue weighted by Crippen LogP contribution is -2.40. The summed E-state index contributed by atoms with van der Waals surface area (Å²) < 4.78 is 13.2. The summed E-state index contributed by atoms with van der Waals surface area (Å²) in [4.78, 5) is 34.9. The van der Waals surface area contributed by atoms with Crippen molar-refractivity contribution in [2.75, 3.05) is 18.8 Å². The first-order valence-corrected chi connectivity index (χ1v) is 11.1. The molecular formula is C20H20FN3O2S2. The minimum atomic E-state index is -0.318. The number of carbonyl (C=O) groups excluding carboxylic acids is 1. The molecule has 8 heteroatoms. The van der Waals surface area contributed by atoms with Gasteiger partial charge in [0.1, 0.15) is 10.6 Å². The minimum Gasteiger partial charge on any atom is -0.342 e. The van der Waals surface area contributed by atoms with Crippen LogP contribution >= 0.6 is 23.1 Å². The quantitative estimate of drug-likeness (QED) is 0.512. The first kappa shape index (κ1) is 19.1. The number of nitrogens with one attached hydrogen (secondary N) is 1. The zero-order valence-corrected chi connectivity index (χ0v) is 17.0. The summed E-state index contributed by atoms with van der Waals surface area (Å²) in [7, 11) is 0. The normalized spacial score (nSPS) is 17.2. The number of fused-ring (bicyclic) bond motifs is 1. The molecule has 4 rings (SSSR count). The lowest BCUT2D eigenvalue weighted by atomic mass is 10.0. The molecule has 1 aliphatic heterocycles. The van der Waals surface area contributed by atoms with Gasteiger partial charge in [0.2, 0.25) is 5.91 Å². The van der Waals surface area contributed by atoms with Crippen molar-refractivity contribution in [2.45, 2.75) is 24.9 Å². The maximum Gasteiger partial charge on any atom is 0.260 e. The second-order valence-electron chi connectivity index (χ2n) is 7.08. The molecule has 1 fully saturated rings. The zero-order valence-electron chi connectivity index (χ0n) is 15.4. The number of hydrogen-bond donors (Lipinski definition) is 1. The van der Waals surface area contributed by atoms with Crippen LogP contribution in [0.25, 0.3) is 21.3 Å². The summed E-state index contributed by atoms with van der Waals surface area (Å²) in [5.41, 5.74) is 1.27. The highest BCUT2D eigenvalue weighted by atomic mass is 32.2. The van der Waals surface area contributed by atoms with Crippen molar-refractivity contribution in [3.05, 3.63) is 45.8 Å². The van der Waals surface area contributed by atoms with Crippen LogP contribution < -0.4 is 5.56 Å². The van der Waals surface area contributed by atoms with Crippen LogP contribution in [0.15, 0.2) is 39.6 Å². The molecule has 1 amide bonds. The SMILES string of the molecule is C[C@H]1CCCN(C(=O)CSc2nc3scc(-c4ccc(F)cc4)c3c(=O)[nH]2)C1. The van der Waals surface area contributed by atoms with E-state index in [1.807, 2.05) is 10.3 Å². The van der Waals surface area contributed by atoms with Gasteiger partial charge in [-0.05, 0) is 36.5 Å². The zero-order chi connectivity index (χ0) is 19.7. The number of thioether (sulfide) groups is 1. The Hall–Kier alpha value is -2.19. The van der Waals surface area contributed by atoms with Crippen molar-refractivity contribution in [1.29, 1.82) is 0 Å². The Kier molecular flexibility index (Phi) is 5.50. The van der Waals surface area contributed by atoms with E-state index in [-0.39, 0.29) is 23.0 Å². The molecular weight excluding hydrogens is 397 g/mol. The fraction of sp³-hybridized carbons (Fsp3) is 0.350. The average molecular weight is 418 g/mol. The molecule has 0 radical (unpaired) electrons. The summed E-state index contributed by atoms with van der Waals surface area (Å²) in [5.74, 6) is 0.560. The second kappa shape index (κ2) is 8.05. The number of benzene rings is 1. The molecule has 0 spiro atoms. The topological polar surface area (TPSA) is 66.1 Å². The van der Waals surface area contributed by atoms with E-state index in [1.54, 1.807) is 12.1 Å². The summed E-state index contributed by atoms with van der Waals surface area (Å²) in [6.07, 6.45) is 2.21. The largest absolute Gasteiger partial charge is 0.342 e. The average Bonchev–Trinajstić information content (AvgIpc) is 3.11. The maximum atomic E-state index is 13.2. The van der Waals surface area contributed by atoms with E-state index < -0.39 is 0 Å². The van der Waals surface area contributed by atoms with Crippen LogP contribution in [0.1, 0.15) is 19.8 Å². The third-order valence-corrected chi connectivity index (χ3v) is 6.65. The fourth-order valence-corrected chi connectivity index (χ4v) is 5.25. The molecule has 1 N–H and O–H groups in total. The maximum absolute atomic E-state index is 13.2. The van der Waals surface area contributed by atoms with Crippen molar-refractivity contribution in [1.82, 2.24) is 14.9 Å². The number of hydrogen-bond acceptors (Lipinski definition) is 5. The van der Waals surface area contributed by atoms with Crippen LogP contribution in [0.2, 0.25) is 0 Å². The molecule has 0 aliphatic carbocycles. The molecule has 1 aromatic carbocycles. The number of rotatable bonds is 4. The third kappa shape index (κ3) is 3.98. The molecule has 5 nitrogen and oxygen atoms in total. The summed E-state index contributed by atoms with van der Waals surface area (Å²) in [5, 5.41) is 2.80. The molecule has 1 saturated heterocycles. The van der Waals surface area contributed by atoms with E-state index in [0.717, 1.165) is 37.1 Å². The molecule has 2 aromatic heterocycles. The number of carbonyl (C=O) groups is 1. The van der Waals surface area contributed by atoms with Gasteiger partial charge in [-0.2, -0.15) is 0 Å². The van der Waals surface area contributed by atoms with Crippen LogP contribution in [0.5, 0.6) is 0 Å². The predicted octanol–water partition coefficient (Wildman–Crippen LogP) is 4.14. The minimum absolute atomic E-state index is 0.0810. The standard InChI is InChI=1S/C20H20FN3O2S2/c1-12-3-2-8-24(9-12)16(25)11-28-20-22-18(26)17-15(10-27-19(17)23-20)13-4-6-14(21)7-5-13/h4-7,10,12H,2-3,8-9,11H2,1H3,(H,22,23,26)/t12-/m0/s1. The number of aromatic nitrogens is 2. The Morgan fingerprint density at radius 1 is 1.39 bits per heavy atom. The molecule has 146 valence electrons. The number of likely N-dealkylation sites (tertiary alicyclic amines) is 1. The third-order valence-electron chi connectivity index (χ3n) is 4.92. The highest BCUT2D eigenvalue weighted by molar-refractivity contribution is 7.99. The fourth-order valence-electron chi connectivity index (χ4n) is 3.48. The second-order valence-corrected chi connectivity index (χ2v) is 8.91. The highest BCUT2D eigenvalue weighted by Gasteiger charge is 2.21. The molecule has 3 aromatic rings. The number of nitrogens with zero attached hydrogens (tertiary/aromatic N) is 2. The highest BCUT2D eigenvalue weighted by Crippen LogP contribution is 2.31. The van der Waals surface area contributed by atoms with E-state index in [0.29, 0.717) is 21.3 Å². The van der Waals surface area contributed by atoms with E-state index in [4.69, 9.17) is 0 Å². The Bertz CT molecular complexity index is 1060. The molecule has 28 heavy (non-hydrogen) atoms. The lowest BCUT2D eigenvalue weighted by molar-refractivity contribution is -0.130. The molecule has 0 saturated carbocycles. The van der Waals surface area contributed by atoms with Crippen molar-refractivity contribution < 1.29 is 9.18 Å². The number of piperidine rings is 1. The molecule has 1 atom stereocenters. The van der Waals surface area contributed by atoms with Gasteiger partial charge in [0.25, 0.3) is 5.56 Å². The number of H-pyrrole nitrogens is 1. The van der Waals surface area contributed by atoms with Crippen molar-refractivity contribution in [3.63, 3.8) is 0 Å². The Labute approximate surface area is 170 Å². The summed E-state index contributed by atoms with van der Waals surface area (Å²) in [6, 6.07) is 6.05. The molecule has 0 bridgehead atoms. The van der Waals surface area contributed by atoms with Gasteiger partial charge >= 0.3 is 0 Å². The smallest absolute Gasteiger partial charge is 0.260 e. The first-order valence-electron chi connectivity index (χ1n) is 9.19.